The Bertz CT molecular complexity index is 464. The fourth-order valence-electron chi connectivity index (χ4n) is 2.07. The average Bonchev–Trinajstić information content (AvgIpc) is 2.91. The van der Waals surface area contributed by atoms with Gasteiger partial charge in [-0.3, -0.25) is 0 Å². The molecule has 1 heterocycles. The van der Waals surface area contributed by atoms with Gasteiger partial charge in [-0.25, -0.2) is 4.39 Å². The van der Waals surface area contributed by atoms with Crippen LogP contribution in [-0.2, 0) is 0 Å². The van der Waals surface area contributed by atoms with Gasteiger partial charge in [0.1, 0.15) is 5.82 Å². The molecule has 1 N–H and O–H groups in total. The summed E-state index contributed by atoms with van der Waals surface area (Å²) in [7, 11) is 0. The summed E-state index contributed by atoms with van der Waals surface area (Å²) in [6, 6.07) is 11.6. The number of hydrogen-bond acceptors (Lipinski definition) is 2. The summed E-state index contributed by atoms with van der Waals surface area (Å²) < 4.78 is 12.9. The Morgan fingerprint density at radius 2 is 1.94 bits per heavy atom. The lowest BCUT2D eigenvalue weighted by atomic mass is 10.0. The molecule has 0 spiro atoms. The number of benzene rings is 1. The summed E-state index contributed by atoms with van der Waals surface area (Å²) in [5, 5.41) is 5.68. The number of hydrogen-bond donors (Lipinski definition) is 1. The molecule has 0 bridgehead atoms. The Hall–Kier alpha value is -1.19. The zero-order valence-corrected chi connectivity index (χ0v) is 11.5. The lowest BCUT2D eigenvalue weighted by molar-refractivity contribution is 0.460. The first-order valence-electron chi connectivity index (χ1n) is 6.25. The molecule has 1 aromatic heterocycles. The van der Waals surface area contributed by atoms with Crippen molar-refractivity contribution < 1.29 is 4.39 Å². The normalized spacial score (nSPS) is 14.4. The molecule has 2 rings (SSSR count). The van der Waals surface area contributed by atoms with E-state index in [1.54, 1.807) is 11.3 Å². The molecule has 0 aliphatic heterocycles. The highest BCUT2D eigenvalue weighted by atomic mass is 32.1. The minimum absolute atomic E-state index is 0.181. The van der Waals surface area contributed by atoms with Crippen LogP contribution in [0.5, 0.6) is 0 Å². The first-order chi connectivity index (χ1) is 8.70. The third-order valence-corrected chi connectivity index (χ3v) is 4.16. The van der Waals surface area contributed by atoms with E-state index in [1.807, 2.05) is 12.1 Å². The minimum atomic E-state index is -0.181. The maximum atomic E-state index is 12.9. The molecule has 0 radical (unpaired) electrons. The Morgan fingerprint density at radius 3 is 2.50 bits per heavy atom. The van der Waals surface area contributed by atoms with Gasteiger partial charge in [-0.1, -0.05) is 25.1 Å². The monoisotopic (exact) mass is 263 g/mol. The van der Waals surface area contributed by atoms with Gasteiger partial charge in [0, 0.05) is 17.0 Å². The Morgan fingerprint density at radius 1 is 1.22 bits per heavy atom. The summed E-state index contributed by atoms with van der Waals surface area (Å²) in [5.41, 5.74) is 1.14. The third kappa shape index (κ3) is 3.18. The molecule has 0 saturated carbocycles. The zero-order chi connectivity index (χ0) is 13.0. The van der Waals surface area contributed by atoms with Crippen LogP contribution in [0.4, 0.5) is 4.39 Å². The van der Waals surface area contributed by atoms with Crippen molar-refractivity contribution in [3.8, 4) is 0 Å². The predicted octanol–water partition coefficient (Wildman–Crippen LogP) is 4.69. The Balaban J connectivity index is 2.07. The van der Waals surface area contributed by atoms with E-state index in [0.717, 1.165) is 12.0 Å². The lowest BCUT2D eigenvalue weighted by Crippen LogP contribution is -2.23. The van der Waals surface area contributed by atoms with Crippen molar-refractivity contribution in [2.45, 2.75) is 32.4 Å². The first-order valence-corrected chi connectivity index (χ1v) is 7.13. The van der Waals surface area contributed by atoms with Gasteiger partial charge < -0.3 is 5.32 Å². The molecule has 1 nitrogen and oxygen atoms in total. The van der Waals surface area contributed by atoms with E-state index >= 15 is 0 Å². The molecule has 0 saturated heterocycles. The number of rotatable bonds is 5. The van der Waals surface area contributed by atoms with Crippen LogP contribution < -0.4 is 5.32 Å². The topological polar surface area (TPSA) is 12.0 Å². The van der Waals surface area contributed by atoms with E-state index in [1.165, 1.54) is 17.0 Å². The fourth-order valence-corrected chi connectivity index (χ4v) is 2.81. The number of halogens is 1. The van der Waals surface area contributed by atoms with Crippen LogP contribution in [0.3, 0.4) is 0 Å². The minimum Gasteiger partial charge on any atom is -0.303 e. The summed E-state index contributed by atoms with van der Waals surface area (Å²) in [4.78, 5) is 1.33. The SMILES string of the molecule is CCC(NC(C)c1cccs1)c1ccc(F)cc1. The Kier molecular flexibility index (Phi) is 4.50. The molecule has 0 fully saturated rings. The van der Waals surface area contributed by atoms with E-state index in [4.69, 9.17) is 0 Å². The van der Waals surface area contributed by atoms with Gasteiger partial charge in [0.25, 0.3) is 0 Å². The predicted molar refractivity (Wildman–Crippen MR) is 75.3 cm³/mol. The van der Waals surface area contributed by atoms with Crippen molar-refractivity contribution in [3.05, 3.63) is 58.0 Å². The van der Waals surface area contributed by atoms with Crippen LogP contribution in [0.25, 0.3) is 0 Å². The van der Waals surface area contributed by atoms with Crippen LogP contribution >= 0.6 is 11.3 Å². The average molecular weight is 263 g/mol. The van der Waals surface area contributed by atoms with Gasteiger partial charge in [0.05, 0.1) is 0 Å². The molecule has 0 aliphatic carbocycles. The highest BCUT2D eigenvalue weighted by molar-refractivity contribution is 7.10. The van der Waals surface area contributed by atoms with Gasteiger partial charge >= 0.3 is 0 Å². The standard InChI is InChI=1S/C15H18FNS/c1-3-14(12-6-8-13(16)9-7-12)17-11(2)15-5-4-10-18-15/h4-11,14,17H,3H2,1-2H3. The van der Waals surface area contributed by atoms with E-state index in [2.05, 4.69) is 36.7 Å². The quantitative estimate of drug-likeness (QED) is 0.825. The second kappa shape index (κ2) is 6.12. The van der Waals surface area contributed by atoms with Gasteiger partial charge in [-0.15, -0.1) is 11.3 Å². The highest BCUT2D eigenvalue weighted by Gasteiger charge is 2.14. The molecule has 1 aromatic carbocycles. The number of thiophene rings is 1. The first kappa shape index (κ1) is 13.2. The van der Waals surface area contributed by atoms with Crippen molar-refractivity contribution in [2.24, 2.45) is 0 Å². The highest BCUT2D eigenvalue weighted by Crippen LogP contribution is 2.24. The maximum absolute atomic E-state index is 12.9. The molecule has 96 valence electrons. The van der Waals surface area contributed by atoms with Crippen LogP contribution in [0, 0.1) is 5.82 Å². The zero-order valence-electron chi connectivity index (χ0n) is 10.7. The van der Waals surface area contributed by atoms with Crippen LogP contribution in [-0.4, -0.2) is 0 Å². The van der Waals surface area contributed by atoms with Gasteiger partial charge in [0.2, 0.25) is 0 Å². The molecular weight excluding hydrogens is 245 g/mol. The van der Waals surface area contributed by atoms with E-state index in [9.17, 15) is 4.39 Å². The smallest absolute Gasteiger partial charge is 0.123 e. The van der Waals surface area contributed by atoms with E-state index in [-0.39, 0.29) is 11.9 Å². The summed E-state index contributed by atoms with van der Waals surface area (Å²) in [6.45, 7) is 4.31. The van der Waals surface area contributed by atoms with Crippen molar-refractivity contribution in [3.63, 3.8) is 0 Å². The van der Waals surface area contributed by atoms with Crippen molar-refractivity contribution >= 4 is 11.3 Å². The molecular formula is C15H18FNS. The van der Waals surface area contributed by atoms with Gasteiger partial charge in [-0.05, 0) is 42.5 Å². The molecule has 0 aliphatic rings. The van der Waals surface area contributed by atoms with Gasteiger partial charge in [0.15, 0.2) is 0 Å². The summed E-state index contributed by atoms with van der Waals surface area (Å²) >= 11 is 1.76. The maximum Gasteiger partial charge on any atom is 0.123 e. The van der Waals surface area contributed by atoms with Crippen molar-refractivity contribution in [1.29, 1.82) is 0 Å². The molecule has 0 amide bonds. The third-order valence-electron chi connectivity index (χ3n) is 3.10. The van der Waals surface area contributed by atoms with E-state index in [0.29, 0.717) is 6.04 Å². The Labute approximate surface area is 112 Å². The van der Waals surface area contributed by atoms with Crippen molar-refractivity contribution in [2.75, 3.05) is 0 Å². The largest absolute Gasteiger partial charge is 0.303 e. The lowest BCUT2D eigenvalue weighted by Gasteiger charge is -2.22. The number of nitrogens with one attached hydrogen (secondary N) is 1. The van der Waals surface area contributed by atoms with E-state index < -0.39 is 0 Å². The molecule has 2 atom stereocenters. The molecule has 18 heavy (non-hydrogen) atoms. The summed E-state index contributed by atoms with van der Waals surface area (Å²) in [5.74, 6) is -0.181. The second-order valence-corrected chi connectivity index (χ2v) is 5.40. The molecule has 3 heteroatoms. The fraction of sp³-hybridized carbons (Fsp3) is 0.333. The van der Waals surface area contributed by atoms with Gasteiger partial charge in [-0.2, -0.15) is 0 Å². The molecule has 2 aromatic rings. The van der Waals surface area contributed by atoms with Crippen LogP contribution in [0.2, 0.25) is 0 Å². The van der Waals surface area contributed by atoms with Crippen molar-refractivity contribution in [1.82, 2.24) is 5.32 Å². The van der Waals surface area contributed by atoms with Crippen LogP contribution in [0.15, 0.2) is 41.8 Å². The molecule has 2 unspecified atom stereocenters. The van der Waals surface area contributed by atoms with Crippen LogP contribution in [0.1, 0.15) is 42.8 Å². The summed E-state index contributed by atoms with van der Waals surface area (Å²) in [6.07, 6.45) is 0.987. The second-order valence-electron chi connectivity index (χ2n) is 4.42.